The Morgan fingerprint density at radius 3 is 2.53 bits per heavy atom. The maximum atomic E-state index is 10.7. The van der Waals surface area contributed by atoms with E-state index < -0.39 is 18.0 Å². The van der Waals surface area contributed by atoms with Crippen molar-refractivity contribution in [2.24, 2.45) is 0 Å². The Morgan fingerprint density at radius 2 is 2.07 bits per heavy atom. The first kappa shape index (κ1) is 14.3. The lowest BCUT2D eigenvalue weighted by Crippen LogP contribution is -2.26. The lowest BCUT2D eigenvalue weighted by Gasteiger charge is -2.11. The van der Waals surface area contributed by atoms with E-state index in [0.717, 1.165) is 18.6 Å². The molecule has 0 aromatic carbocycles. The largest absolute Gasteiger partial charge is 0.479 e. The fourth-order valence-corrected chi connectivity index (χ4v) is 2.05. The Balaban J connectivity index is 3.67. The van der Waals surface area contributed by atoms with Gasteiger partial charge < -0.3 is 9.84 Å². The number of carbonyl (C=O) groups is 2. The van der Waals surface area contributed by atoms with Crippen molar-refractivity contribution in [3.05, 3.63) is 0 Å². The van der Waals surface area contributed by atoms with Crippen LogP contribution in [0.25, 0.3) is 0 Å². The number of esters is 1. The zero-order valence-electron chi connectivity index (χ0n) is 9.19. The predicted octanol–water partition coefficient (Wildman–Crippen LogP) is 1.93. The molecule has 0 aromatic rings. The molecule has 0 heterocycles. The highest BCUT2D eigenvalue weighted by Gasteiger charge is 2.19. The molecule has 0 aliphatic rings. The van der Waals surface area contributed by atoms with Gasteiger partial charge in [0.2, 0.25) is 0 Å². The molecular weight excluding hydrogens is 216 g/mol. The van der Waals surface area contributed by atoms with E-state index in [2.05, 4.69) is 11.7 Å². The monoisotopic (exact) mass is 234 g/mol. The summed E-state index contributed by atoms with van der Waals surface area (Å²) in [4.78, 5) is 21.3. The zero-order valence-corrected chi connectivity index (χ0v) is 10.0. The van der Waals surface area contributed by atoms with E-state index in [1.165, 1.54) is 6.92 Å². The van der Waals surface area contributed by atoms with Crippen LogP contribution >= 0.6 is 11.8 Å². The van der Waals surface area contributed by atoms with Crippen molar-refractivity contribution in [1.82, 2.24) is 0 Å². The molecule has 0 rings (SSSR count). The van der Waals surface area contributed by atoms with Crippen molar-refractivity contribution in [2.45, 2.75) is 39.2 Å². The van der Waals surface area contributed by atoms with Gasteiger partial charge in [-0.3, -0.25) is 4.79 Å². The zero-order chi connectivity index (χ0) is 11.7. The summed E-state index contributed by atoms with van der Waals surface area (Å²) in [7, 11) is 0. The van der Waals surface area contributed by atoms with E-state index >= 15 is 0 Å². The van der Waals surface area contributed by atoms with Crippen LogP contribution in [-0.4, -0.2) is 34.7 Å². The van der Waals surface area contributed by atoms with Crippen LogP contribution in [0.4, 0.5) is 0 Å². The molecule has 0 aromatic heterocycles. The van der Waals surface area contributed by atoms with Crippen molar-refractivity contribution in [3.63, 3.8) is 0 Å². The summed E-state index contributed by atoms with van der Waals surface area (Å²) in [6.07, 6.45) is 1.66. The second-order valence-electron chi connectivity index (χ2n) is 3.19. The molecule has 0 spiro atoms. The van der Waals surface area contributed by atoms with Gasteiger partial charge in [0, 0.05) is 13.3 Å². The highest BCUT2D eigenvalue weighted by atomic mass is 32.2. The number of thioether (sulfide) groups is 1. The molecule has 1 unspecified atom stereocenters. The minimum atomic E-state index is -1.07. The summed E-state index contributed by atoms with van der Waals surface area (Å²) in [5, 5.41) is 8.74. The van der Waals surface area contributed by atoms with E-state index in [1.54, 1.807) is 11.8 Å². The van der Waals surface area contributed by atoms with E-state index in [1.807, 2.05) is 0 Å². The van der Waals surface area contributed by atoms with Crippen LogP contribution in [-0.2, 0) is 14.3 Å². The molecule has 0 bridgehead atoms. The average molecular weight is 234 g/mol. The third kappa shape index (κ3) is 8.30. The van der Waals surface area contributed by atoms with Gasteiger partial charge in [0.1, 0.15) is 0 Å². The SMILES string of the molecule is CCCCSCCC(OC(C)=O)C(=O)O. The number of hydrogen-bond donors (Lipinski definition) is 1. The molecule has 0 aliphatic carbocycles. The summed E-state index contributed by atoms with van der Waals surface area (Å²) < 4.78 is 4.67. The van der Waals surface area contributed by atoms with Gasteiger partial charge in [-0.2, -0.15) is 11.8 Å². The molecule has 88 valence electrons. The van der Waals surface area contributed by atoms with Gasteiger partial charge in [-0.1, -0.05) is 13.3 Å². The number of unbranched alkanes of at least 4 members (excludes halogenated alkanes) is 1. The van der Waals surface area contributed by atoms with Crippen molar-refractivity contribution in [1.29, 1.82) is 0 Å². The van der Waals surface area contributed by atoms with Crippen LogP contribution in [0.3, 0.4) is 0 Å². The fraction of sp³-hybridized carbons (Fsp3) is 0.800. The van der Waals surface area contributed by atoms with Gasteiger partial charge in [0.05, 0.1) is 0 Å². The summed E-state index contributed by atoms with van der Waals surface area (Å²) in [6.45, 7) is 3.33. The molecule has 4 nitrogen and oxygen atoms in total. The lowest BCUT2D eigenvalue weighted by molar-refractivity contribution is -0.162. The predicted molar refractivity (Wildman–Crippen MR) is 60.0 cm³/mol. The van der Waals surface area contributed by atoms with Crippen LogP contribution in [0.2, 0.25) is 0 Å². The number of hydrogen-bond acceptors (Lipinski definition) is 4. The van der Waals surface area contributed by atoms with Gasteiger partial charge >= 0.3 is 11.9 Å². The van der Waals surface area contributed by atoms with Gasteiger partial charge in [-0.15, -0.1) is 0 Å². The Bertz CT molecular complexity index is 206. The average Bonchev–Trinajstić information content (AvgIpc) is 2.15. The number of aliphatic carboxylic acids is 1. The number of carboxylic acids is 1. The van der Waals surface area contributed by atoms with Crippen molar-refractivity contribution < 1.29 is 19.4 Å². The van der Waals surface area contributed by atoms with Crippen LogP contribution in [0, 0.1) is 0 Å². The van der Waals surface area contributed by atoms with Gasteiger partial charge in [-0.05, 0) is 17.9 Å². The minimum Gasteiger partial charge on any atom is -0.479 e. The van der Waals surface area contributed by atoms with Crippen LogP contribution in [0.1, 0.15) is 33.1 Å². The molecule has 1 N–H and O–H groups in total. The summed E-state index contributed by atoms with van der Waals surface area (Å²) in [5.74, 6) is 0.134. The molecule has 15 heavy (non-hydrogen) atoms. The number of carbonyl (C=O) groups excluding carboxylic acids is 1. The van der Waals surface area contributed by atoms with E-state index in [4.69, 9.17) is 5.11 Å². The third-order valence-corrected chi connectivity index (χ3v) is 2.85. The quantitative estimate of drug-likeness (QED) is 0.513. The van der Waals surface area contributed by atoms with Crippen molar-refractivity contribution in [3.8, 4) is 0 Å². The van der Waals surface area contributed by atoms with Crippen molar-refractivity contribution >= 4 is 23.7 Å². The number of carboxylic acid groups (broad SMARTS) is 1. The summed E-state index contributed by atoms with van der Waals surface area (Å²) >= 11 is 1.70. The van der Waals surface area contributed by atoms with E-state index in [9.17, 15) is 9.59 Å². The number of ether oxygens (including phenoxy) is 1. The Hall–Kier alpha value is -0.710. The van der Waals surface area contributed by atoms with E-state index in [0.29, 0.717) is 12.2 Å². The highest BCUT2D eigenvalue weighted by molar-refractivity contribution is 7.99. The topological polar surface area (TPSA) is 63.6 Å². The van der Waals surface area contributed by atoms with Crippen LogP contribution in [0.15, 0.2) is 0 Å². The molecule has 0 aliphatic heterocycles. The molecule has 0 amide bonds. The summed E-state index contributed by atoms with van der Waals surface area (Å²) in [5.41, 5.74) is 0. The first-order valence-electron chi connectivity index (χ1n) is 5.05. The lowest BCUT2D eigenvalue weighted by atomic mass is 10.3. The van der Waals surface area contributed by atoms with E-state index in [-0.39, 0.29) is 0 Å². The van der Waals surface area contributed by atoms with Gasteiger partial charge in [-0.25, -0.2) is 4.79 Å². The Kier molecular flexibility index (Phi) is 8.18. The normalized spacial score (nSPS) is 12.1. The van der Waals surface area contributed by atoms with Gasteiger partial charge in [0.25, 0.3) is 0 Å². The molecule has 5 heteroatoms. The fourth-order valence-electron chi connectivity index (χ4n) is 0.972. The van der Waals surface area contributed by atoms with Crippen molar-refractivity contribution in [2.75, 3.05) is 11.5 Å². The maximum Gasteiger partial charge on any atom is 0.345 e. The highest BCUT2D eigenvalue weighted by Crippen LogP contribution is 2.10. The smallest absolute Gasteiger partial charge is 0.345 e. The number of rotatable bonds is 8. The standard InChI is InChI=1S/C10H18O4S/c1-3-4-6-15-7-5-9(10(12)13)14-8(2)11/h9H,3-7H2,1-2H3,(H,12,13). The minimum absolute atomic E-state index is 0.378. The first-order chi connectivity index (χ1) is 7.07. The first-order valence-corrected chi connectivity index (χ1v) is 6.21. The summed E-state index contributed by atoms with van der Waals surface area (Å²) in [6, 6.07) is 0. The Labute approximate surface area is 94.4 Å². The maximum absolute atomic E-state index is 10.7. The molecule has 1 atom stereocenters. The molecule has 0 saturated carbocycles. The molecule has 0 radical (unpaired) electrons. The Morgan fingerprint density at radius 1 is 1.40 bits per heavy atom. The molecular formula is C10H18O4S. The molecule has 0 saturated heterocycles. The van der Waals surface area contributed by atoms with Crippen LogP contribution < -0.4 is 0 Å². The van der Waals surface area contributed by atoms with Crippen LogP contribution in [0.5, 0.6) is 0 Å². The second kappa shape index (κ2) is 8.59. The second-order valence-corrected chi connectivity index (χ2v) is 4.42. The third-order valence-electron chi connectivity index (χ3n) is 1.75. The van der Waals surface area contributed by atoms with Gasteiger partial charge in [0.15, 0.2) is 6.10 Å². The molecule has 0 fully saturated rings.